The van der Waals surface area contributed by atoms with Gasteiger partial charge in [-0.15, -0.1) is 11.3 Å². The van der Waals surface area contributed by atoms with E-state index in [4.69, 9.17) is 9.63 Å². The second-order valence-electron chi connectivity index (χ2n) is 8.83. The van der Waals surface area contributed by atoms with Crippen LogP contribution in [-0.2, 0) is 4.79 Å². The summed E-state index contributed by atoms with van der Waals surface area (Å²) in [6, 6.07) is 19.3. The number of amides is 1. The first kappa shape index (κ1) is 25.1. The zero-order chi connectivity index (χ0) is 25.5. The average molecular weight is 505 g/mol. The number of carbonyl (C=O) groups excluding carboxylic acids is 1. The molecule has 1 atom stereocenters. The number of carboxylic acid groups (broad SMARTS) is 1. The molecule has 2 aromatic carbocycles. The second kappa shape index (κ2) is 11.6. The largest absolute Gasteiger partial charge is 0.481 e. The number of thiophene rings is 1. The maximum absolute atomic E-state index is 12.2. The Bertz CT molecular complexity index is 1280. The number of rotatable bonds is 11. The van der Waals surface area contributed by atoms with Gasteiger partial charge in [-0.25, -0.2) is 0 Å². The van der Waals surface area contributed by atoms with E-state index in [0.717, 1.165) is 28.1 Å². The minimum atomic E-state index is -0.945. The molecular weight excluding hydrogens is 476 g/mol. The summed E-state index contributed by atoms with van der Waals surface area (Å²) in [5.74, 6) is 0.297. The molecule has 186 valence electrons. The molecule has 0 radical (unpaired) electrons. The summed E-state index contributed by atoms with van der Waals surface area (Å²) >= 11 is 1.56. The number of carbonyl (C=O) groups is 2. The first-order valence-electron chi connectivity index (χ1n) is 11.7. The van der Waals surface area contributed by atoms with Crippen molar-refractivity contribution in [1.82, 2.24) is 15.5 Å². The Labute approximate surface area is 213 Å². The van der Waals surface area contributed by atoms with Gasteiger partial charge in [0.05, 0.1) is 17.3 Å². The zero-order valence-electron chi connectivity index (χ0n) is 20.1. The molecule has 3 N–H and O–H groups in total. The Hall–Kier alpha value is -3.98. The fraction of sp³-hybridized carbons (Fsp3) is 0.259. The van der Waals surface area contributed by atoms with Gasteiger partial charge in [-0.1, -0.05) is 49.3 Å². The molecule has 4 aromatic rings. The summed E-state index contributed by atoms with van der Waals surface area (Å²) < 4.78 is 5.41. The lowest BCUT2D eigenvalue weighted by atomic mass is 9.95. The molecule has 4 rings (SSSR count). The van der Waals surface area contributed by atoms with Crippen molar-refractivity contribution in [2.24, 2.45) is 5.92 Å². The Kier molecular flexibility index (Phi) is 8.12. The molecule has 1 amide bonds. The van der Waals surface area contributed by atoms with Crippen LogP contribution in [0.25, 0.3) is 22.2 Å². The van der Waals surface area contributed by atoms with E-state index < -0.39 is 5.97 Å². The molecular formula is C27H28N4O4S. The van der Waals surface area contributed by atoms with Gasteiger partial charge in [-0.2, -0.15) is 4.98 Å². The fourth-order valence-electron chi connectivity index (χ4n) is 3.76. The molecule has 0 spiro atoms. The van der Waals surface area contributed by atoms with Crippen LogP contribution >= 0.6 is 11.3 Å². The van der Waals surface area contributed by atoms with E-state index in [1.54, 1.807) is 23.5 Å². The SMILES string of the molecule is CC(C)CC(Nc1ccc(C(=O)NCCC(=O)O)cc1)c1ccc(-c2noc(-c3cccs3)n2)cc1. The third-order valence-electron chi connectivity index (χ3n) is 5.55. The predicted molar refractivity (Wildman–Crippen MR) is 140 cm³/mol. The summed E-state index contributed by atoms with van der Waals surface area (Å²) in [4.78, 5) is 28.3. The van der Waals surface area contributed by atoms with Crippen molar-refractivity contribution >= 4 is 28.9 Å². The first-order chi connectivity index (χ1) is 17.4. The number of hydrogen-bond donors (Lipinski definition) is 3. The van der Waals surface area contributed by atoms with Crippen LogP contribution in [0.4, 0.5) is 5.69 Å². The van der Waals surface area contributed by atoms with E-state index in [9.17, 15) is 9.59 Å². The number of benzene rings is 2. The van der Waals surface area contributed by atoms with E-state index in [1.165, 1.54) is 0 Å². The number of aromatic nitrogens is 2. The quantitative estimate of drug-likeness (QED) is 0.234. The third kappa shape index (κ3) is 6.57. The van der Waals surface area contributed by atoms with Crippen molar-refractivity contribution in [2.45, 2.75) is 32.7 Å². The van der Waals surface area contributed by atoms with Gasteiger partial charge in [-0.3, -0.25) is 9.59 Å². The van der Waals surface area contributed by atoms with E-state index in [0.29, 0.717) is 23.2 Å². The Morgan fingerprint density at radius 3 is 2.44 bits per heavy atom. The molecule has 0 aliphatic carbocycles. The lowest BCUT2D eigenvalue weighted by Gasteiger charge is -2.22. The van der Waals surface area contributed by atoms with E-state index in [2.05, 4.69) is 46.8 Å². The molecule has 0 bridgehead atoms. The lowest BCUT2D eigenvalue weighted by Crippen LogP contribution is -2.25. The Morgan fingerprint density at radius 2 is 1.81 bits per heavy atom. The molecule has 1 unspecified atom stereocenters. The van der Waals surface area contributed by atoms with E-state index in [-0.39, 0.29) is 24.9 Å². The number of anilines is 1. The van der Waals surface area contributed by atoms with Crippen molar-refractivity contribution in [3.8, 4) is 22.2 Å². The van der Waals surface area contributed by atoms with Gasteiger partial charge in [0.1, 0.15) is 0 Å². The van der Waals surface area contributed by atoms with Crippen LogP contribution in [0, 0.1) is 5.92 Å². The highest BCUT2D eigenvalue weighted by Gasteiger charge is 2.16. The number of nitrogens with one attached hydrogen (secondary N) is 2. The highest BCUT2D eigenvalue weighted by Crippen LogP contribution is 2.29. The smallest absolute Gasteiger partial charge is 0.305 e. The lowest BCUT2D eigenvalue weighted by molar-refractivity contribution is -0.136. The normalized spacial score (nSPS) is 11.9. The molecule has 8 nitrogen and oxygen atoms in total. The number of aliphatic carboxylic acids is 1. The highest BCUT2D eigenvalue weighted by molar-refractivity contribution is 7.13. The van der Waals surface area contributed by atoms with Crippen LogP contribution in [0.3, 0.4) is 0 Å². The van der Waals surface area contributed by atoms with Crippen LogP contribution in [0.15, 0.2) is 70.6 Å². The van der Waals surface area contributed by atoms with Crippen molar-refractivity contribution in [3.63, 3.8) is 0 Å². The molecule has 0 saturated heterocycles. The standard InChI is InChI=1S/C27H28N4O4S/c1-17(2)16-22(29-21-11-9-20(10-12-21)26(34)28-14-13-24(32)33)18-5-7-19(8-6-18)25-30-27(35-31-25)23-4-3-15-36-23/h3-12,15,17,22,29H,13-14,16H2,1-2H3,(H,28,34)(H,32,33). The summed E-state index contributed by atoms with van der Waals surface area (Å²) in [6.07, 6.45) is 0.811. The van der Waals surface area contributed by atoms with Gasteiger partial charge in [0.25, 0.3) is 11.8 Å². The molecule has 9 heteroatoms. The summed E-state index contributed by atoms with van der Waals surface area (Å²) in [5, 5.41) is 21.0. The maximum Gasteiger partial charge on any atom is 0.305 e. The van der Waals surface area contributed by atoms with Gasteiger partial charge in [0.2, 0.25) is 5.82 Å². The van der Waals surface area contributed by atoms with Gasteiger partial charge in [0, 0.05) is 23.4 Å². The molecule has 0 saturated carbocycles. The van der Waals surface area contributed by atoms with Crippen molar-refractivity contribution in [3.05, 3.63) is 77.2 Å². The number of carboxylic acids is 1. The van der Waals surface area contributed by atoms with E-state index >= 15 is 0 Å². The molecule has 36 heavy (non-hydrogen) atoms. The monoisotopic (exact) mass is 504 g/mol. The Morgan fingerprint density at radius 1 is 1.06 bits per heavy atom. The molecule has 2 aromatic heterocycles. The van der Waals surface area contributed by atoms with Crippen LogP contribution < -0.4 is 10.6 Å². The van der Waals surface area contributed by atoms with Gasteiger partial charge < -0.3 is 20.3 Å². The molecule has 0 fully saturated rings. The topological polar surface area (TPSA) is 117 Å². The number of nitrogens with zero attached hydrogens (tertiary/aromatic N) is 2. The molecule has 2 heterocycles. The first-order valence-corrected chi connectivity index (χ1v) is 12.6. The molecule has 0 aliphatic rings. The minimum absolute atomic E-state index is 0.0706. The van der Waals surface area contributed by atoms with Gasteiger partial charge in [-0.05, 0) is 53.6 Å². The van der Waals surface area contributed by atoms with Gasteiger partial charge in [0.15, 0.2) is 0 Å². The highest BCUT2D eigenvalue weighted by atomic mass is 32.1. The predicted octanol–water partition coefficient (Wildman–Crippen LogP) is 5.87. The van der Waals surface area contributed by atoms with Crippen molar-refractivity contribution in [1.29, 1.82) is 0 Å². The van der Waals surface area contributed by atoms with Crippen LogP contribution in [0.1, 0.15) is 48.7 Å². The van der Waals surface area contributed by atoms with Crippen LogP contribution in [-0.4, -0.2) is 33.7 Å². The zero-order valence-corrected chi connectivity index (χ0v) is 20.9. The number of hydrogen-bond acceptors (Lipinski definition) is 7. The van der Waals surface area contributed by atoms with E-state index in [1.807, 2.05) is 41.8 Å². The van der Waals surface area contributed by atoms with Crippen LogP contribution in [0.5, 0.6) is 0 Å². The average Bonchev–Trinajstić information content (AvgIpc) is 3.56. The van der Waals surface area contributed by atoms with Crippen LogP contribution in [0.2, 0.25) is 0 Å². The summed E-state index contributed by atoms with van der Waals surface area (Å²) in [7, 11) is 0. The summed E-state index contributed by atoms with van der Waals surface area (Å²) in [6.45, 7) is 4.46. The second-order valence-corrected chi connectivity index (χ2v) is 9.77. The molecule has 0 aliphatic heterocycles. The van der Waals surface area contributed by atoms with Crippen molar-refractivity contribution in [2.75, 3.05) is 11.9 Å². The van der Waals surface area contributed by atoms with Crippen molar-refractivity contribution < 1.29 is 19.2 Å². The minimum Gasteiger partial charge on any atom is -0.481 e. The summed E-state index contributed by atoms with van der Waals surface area (Å²) in [5.41, 5.74) is 3.39. The maximum atomic E-state index is 12.2. The van der Waals surface area contributed by atoms with Gasteiger partial charge >= 0.3 is 5.97 Å². The third-order valence-corrected chi connectivity index (χ3v) is 6.41. The Balaban J connectivity index is 1.44. The fourth-order valence-corrected chi connectivity index (χ4v) is 4.40.